The van der Waals surface area contributed by atoms with E-state index >= 15 is 0 Å². The summed E-state index contributed by atoms with van der Waals surface area (Å²) >= 11 is 0. The van der Waals surface area contributed by atoms with E-state index in [1.807, 2.05) is 0 Å². The van der Waals surface area contributed by atoms with Gasteiger partial charge in [0.15, 0.2) is 0 Å². The largest absolute Gasteiger partial charge is 0.377 e. The fraction of sp³-hybridized carbons (Fsp3) is 1.00. The number of hydrogen-bond acceptors (Lipinski definition) is 2. The van der Waals surface area contributed by atoms with Crippen LogP contribution in [-0.4, -0.2) is 31.2 Å². The summed E-state index contributed by atoms with van der Waals surface area (Å²) in [5.41, 5.74) is -0.965. The third-order valence-corrected chi connectivity index (χ3v) is 2.05. The molecule has 0 atom stereocenters. The molecule has 0 aromatic rings. The molecule has 2 heterocycles. The van der Waals surface area contributed by atoms with Crippen molar-refractivity contribution in [1.29, 1.82) is 0 Å². The van der Waals surface area contributed by atoms with Crippen LogP contribution in [0.15, 0.2) is 0 Å². The highest BCUT2D eigenvalue weighted by molar-refractivity contribution is 5.85. The Labute approximate surface area is 63.3 Å². The van der Waals surface area contributed by atoms with Gasteiger partial charge in [0.05, 0.1) is 19.8 Å². The molecule has 2 rings (SSSR count). The van der Waals surface area contributed by atoms with Crippen molar-refractivity contribution in [2.24, 2.45) is 0 Å². The van der Waals surface area contributed by atoms with Gasteiger partial charge in [-0.15, -0.1) is 12.4 Å². The Morgan fingerprint density at radius 2 is 1.90 bits per heavy atom. The average molecular weight is 172 g/mol. The Hall–Kier alpha value is 0.0700. The minimum atomic E-state index is -2.52. The van der Waals surface area contributed by atoms with E-state index < -0.39 is 11.5 Å². The normalized spacial score (nSPS) is 31.8. The first-order valence-electron chi connectivity index (χ1n) is 2.87. The standard InChI is InChI=1S/C5H7F2NO.ClH/c6-5(7)1-8-4(5)2-9-3-4;/h8H,1-3H2;1H. The fourth-order valence-electron chi connectivity index (χ4n) is 1.09. The van der Waals surface area contributed by atoms with E-state index in [1.54, 1.807) is 0 Å². The molecule has 0 bridgehead atoms. The number of nitrogens with one attached hydrogen (secondary N) is 1. The number of alkyl halides is 2. The van der Waals surface area contributed by atoms with Gasteiger partial charge in [-0.2, -0.15) is 0 Å². The van der Waals surface area contributed by atoms with Crippen molar-refractivity contribution in [2.45, 2.75) is 11.5 Å². The molecular formula is C5H8ClF2NO. The SMILES string of the molecule is Cl.FC1(F)CNC12COC2. The molecule has 0 aromatic carbocycles. The Kier molecular flexibility index (Phi) is 1.66. The third kappa shape index (κ3) is 0.696. The van der Waals surface area contributed by atoms with Crippen LogP contribution in [0.3, 0.4) is 0 Å². The Morgan fingerprint density at radius 3 is 1.90 bits per heavy atom. The molecule has 10 heavy (non-hydrogen) atoms. The molecule has 2 nitrogen and oxygen atoms in total. The van der Waals surface area contributed by atoms with Crippen LogP contribution < -0.4 is 5.32 Å². The fourth-order valence-corrected chi connectivity index (χ4v) is 1.09. The second-order valence-corrected chi connectivity index (χ2v) is 2.63. The maximum absolute atomic E-state index is 12.5. The Bertz CT molecular complexity index is 143. The maximum atomic E-state index is 12.5. The summed E-state index contributed by atoms with van der Waals surface area (Å²) in [7, 11) is 0. The lowest BCUT2D eigenvalue weighted by Gasteiger charge is -2.54. The lowest BCUT2D eigenvalue weighted by atomic mass is 9.82. The number of hydrogen-bond donors (Lipinski definition) is 1. The minimum Gasteiger partial charge on any atom is -0.377 e. The number of rotatable bonds is 0. The molecule has 2 aliphatic rings. The van der Waals surface area contributed by atoms with Crippen molar-refractivity contribution in [3.8, 4) is 0 Å². The van der Waals surface area contributed by atoms with Crippen LogP contribution >= 0.6 is 12.4 Å². The van der Waals surface area contributed by atoms with Gasteiger partial charge in [-0.3, -0.25) is 5.32 Å². The first-order valence-corrected chi connectivity index (χ1v) is 2.87. The summed E-state index contributed by atoms with van der Waals surface area (Å²) in [6.45, 7) is 0.149. The van der Waals surface area contributed by atoms with Gasteiger partial charge in [0, 0.05) is 0 Å². The van der Waals surface area contributed by atoms with E-state index in [1.165, 1.54) is 0 Å². The van der Waals surface area contributed by atoms with Crippen LogP contribution in [0.1, 0.15) is 0 Å². The number of halogens is 3. The molecule has 0 radical (unpaired) electrons. The highest BCUT2D eigenvalue weighted by atomic mass is 35.5. The molecule has 0 unspecified atom stereocenters. The lowest BCUT2D eigenvalue weighted by Crippen LogP contribution is -2.82. The van der Waals surface area contributed by atoms with Gasteiger partial charge in [-0.05, 0) is 0 Å². The molecular weight excluding hydrogens is 164 g/mol. The molecule has 0 saturated carbocycles. The molecule has 1 N–H and O–H groups in total. The zero-order valence-corrected chi connectivity index (χ0v) is 6.01. The summed E-state index contributed by atoms with van der Waals surface area (Å²) < 4.78 is 29.7. The molecule has 1 spiro atoms. The highest BCUT2D eigenvalue weighted by Crippen LogP contribution is 2.41. The van der Waals surface area contributed by atoms with E-state index in [9.17, 15) is 8.78 Å². The Balaban J connectivity index is 0.000000500. The van der Waals surface area contributed by atoms with Crippen LogP contribution in [0.2, 0.25) is 0 Å². The molecule has 2 saturated heterocycles. The van der Waals surface area contributed by atoms with Crippen molar-refractivity contribution < 1.29 is 13.5 Å². The molecule has 0 amide bonds. The van der Waals surface area contributed by atoms with Gasteiger partial charge in [0.1, 0.15) is 5.54 Å². The molecule has 0 aliphatic carbocycles. The van der Waals surface area contributed by atoms with E-state index in [2.05, 4.69) is 10.1 Å². The van der Waals surface area contributed by atoms with Gasteiger partial charge in [0.2, 0.25) is 0 Å². The van der Waals surface area contributed by atoms with E-state index in [0.717, 1.165) is 0 Å². The van der Waals surface area contributed by atoms with Crippen LogP contribution in [0.4, 0.5) is 8.78 Å². The smallest absolute Gasteiger partial charge is 0.282 e. The summed E-state index contributed by atoms with van der Waals surface area (Å²) in [5.74, 6) is -2.52. The highest BCUT2D eigenvalue weighted by Gasteiger charge is 2.65. The zero-order chi connectivity index (χ0) is 6.54. The van der Waals surface area contributed by atoms with Crippen molar-refractivity contribution in [1.82, 2.24) is 5.32 Å². The van der Waals surface area contributed by atoms with Crippen molar-refractivity contribution in [3.63, 3.8) is 0 Å². The molecule has 5 heteroatoms. The Morgan fingerprint density at radius 1 is 1.30 bits per heavy atom. The topological polar surface area (TPSA) is 21.3 Å². The van der Waals surface area contributed by atoms with Gasteiger partial charge in [-0.25, -0.2) is 8.78 Å². The van der Waals surface area contributed by atoms with Crippen molar-refractivity contribution >= 4 is 12.4 Å². The van der Waals surface area contributed by atoms with Gasteiger partial charge < -0.3 is 4.74 Å². The van der Waals surface area contributed by atoms with Crippen molar-refractivity contribution in [2.75, 3.05) is 19.8 Å². The monoisotopic (exact) mass is 171 g/mol. The zero-order valence-electron chi connectivity index (χ0n) is 5.19. The summed E-state index contributed by atoms with van der Waals surface area (Å²) in [6.07, 6.45) is 0. The molecule has 2 aliphatic heterocycles. The molecule has 2 fully saturated rings. The maximum Gasteiger partial charge on any atom is 0.282 e. The second kappa shape index (κ2) is 2.03. The van der Waals surface area contributed by atoms with Crippen LogP contribution in [-0.2, 0) is 4.74 Å². The molecule has 60 valence electrons. The van der Waals surface area contributed by atoms with E-state index in [4.69, 9.17) is 0 Å². The second-order valence-electron chi connectivity index (χ2n) is 2.63. The molecule has 0 aromatic heterocycles. The lowest BCUT2D eigenvalue weighted by molar-refractivity contribution is -0.253. The minimum absolute atomic E-state index is 0. The number of ether oxygens (including phenoxy) is 1. The predicted octanol–water partition coefficient (Wildman–Crippen LogP) is 0.416. The van der Waals surface area contributed by atoms with Crippen molar-refractivity contribution in [3.05, 3.63) is 0 Å². The van der Waals surface area contributed by atoms with E-state index in [-0.39, 0.29) is 32.2 Å². The third-order valence-electron chi connectivity index (χ3n) is 2.05. The quantitative estimate of drug-likeness (QED) is 0.570. The van der Waals surface area contributed by atoms with Gasteiger partial charge >= 0.3 is 0 Å². The predicted molar refractivity (Wildman–Crippen MR) is 33.7 cm³/mol. The summed E-state index contributed by atoms with van der Waals surface area (Å²) in [4.78, 5) is 0. The first kappa shape index (κ1) is 8.17. The van der Waals surface area contributed by atoms with Gasteiger partial charge in [0.25, 0.3) is 5.92 Å². The first-order chi connectivity index (χ1) is 4.16. The van der Waals surface area contributed by atoms with Crippen LogP contribution in [0, 0.1) is 0 Å². The van der Waals surface area contributed by atoms with Gasteiger partial charge in [-0.1, -0.05) is 0 Å². The summed E-state index contributed by atoms with van der Waals surface area (Å²) in [6, 6.07) is 0. The average Bonchev–Trinajstić information content (AvgIpc) is 1.59. The van der Waals surface area contributed by atoms with E-state index in [0.29, 0.717) is 0 Å². The summed E-state index contributed by atoms with van der Waals surface area (Å²) in [5, 5.41) is 2.67. The van der Waals surface area contributed by atoms with Crippen LogP contribution in [0.25, 0.3) is 0 Å². The van der Waals surface area contributed by atoms with Crippen LogP contribution in [0.5, 0.6) is 0 Å².